The van der Waals surface area contributed by atoms with E-state index < -0.39 is 0 Å². The molecule has 0 aromatic carbocycles. The number of allylic oxidation sites excluding steroid dienone is 1. The molecule has 0 saturated carbocycles. The van der Waals surface area contributed by atoms with Gasteiger partial charge in [0.2, 0.25) is 0 Å². The van der Waals surface area contributed by atoms with Crippen molar-refractivity contribution < 1.29 is 0 Å². The van der Waals surface area contributed by atoms with Gasteiger partial charge in [0.25, 0.3) is 0 Å². The van der Waals surface area contributed by atoms with Crippen LogP contribution in [-0.4, -0.2) is 16.3 Å². The van der Waals surface area contributed by atoms with Crippen molar-refractivity contribution >= 4 is 0 Å². The van der Waals surface area contributed by atoms with Crippen LogP contribution in [0.4, 0.5) is 0 Å². The molecule has 0 saturated heterocycles. The van der Waals surface area contributed by atoms with Gasteiger partial charge in [-0.05, 0) is 38.3 Å². The van der Waals surface area contributed by atoms with E-state index in [1.165, 1.54) is 11.4 Å². The van der Waals surface area contributed by atoms with Gasteiger partial charge in [-0.1, -0.05) is 19.9 Å². The van der Waals surface area contributed by atoms with Crippen molar-refractivity contribution in [3.8, 4) is 0 Å². The first-order chi connectivity index (χ1) is 8.22. The molecule has 0 aliphatic carbocycles. The van der Waals surface area contributed by atoms with Gasteiger partial charge in [0.1, 0.15) is 0 Å². The lowest BCUT2D eigenvalue weighted by molar-refractivity contribution is 0.471. The number of hydrogen-bond donors (Lipinski definition) is 1. The number of aryl methyl sites for hydroxylation is 2. The van der Waals surface area contributed by atoms with Crippen LogP contribution >= 0.6 is 0 Å². The average molecular weight is 235 g/mol. The summed E-state index contributed by atoms with van der Waals surface area (Å²) in [6.45, 7) is 9.19. The Bertz CT molecular complexity index is 341. The maximum atomic E-state index is 4.52. The Balaban J connectivity index is 2.78. The third kappa shape index (κ3) is 4.00. The van der Waals surface area contributed by atoms with Crippen molar-refractivity contribution in [2.24, 2.45) is 7.05 Å². The molecular weight excluding hydrogens is 210 g/mol. The van der Waals surface area contributed by atoms with E-state index in [2.05, 4.69) is 36.9 Å². The Labute approximate surface area is 105 Å². The zero-order valence-corrected chi connectivity index (χ0v) is 11.4. The van der Waals surface area contributed by atoms with Gasteiger partial charge >= 0.3 is 0 Å². The van der Waals surface area contributed by atoms with Gasteiger partial charge < -0.3 is 5.32 Å². The van der Waals surface area contributed by atoms with Crippen LogP contribution in [0.5, 0.6) is 0 Å². The van der Waals surface area contributed by atoms with E-state index in [-0.39, 0.29) is 0 Å². The smallest absolute Gasteiger partial charge is 0.0625 e. The summed E-state index contributed by atoms with van der Waals surface area (Å²) in [5.74, 6) is 0. The van der Waals surface area contributed by atoms with Crippen molar-refractivity contribution in [1.29, 1.82) is 0 Å². The van der Waals surface area contributed by atoms with Gasteiger partial charge in [-0.25, -0.2) is 0 Å². The number of nitrogens with one attached hydrogen (secondary N) is 1. The van der Waals surface area contributed by atoms with Crippen molar-refractivity contribution in [2.75, 3.05) is 6.54 Å². The molecule has 0 fully saturated rings. The van der Waals surface area contributed by atoms with Crippen LogP contribution in [0.25, 0.3) is 0 Å². The summed E-state index contributed by atoms with van der Waals surface area (Å²) in [5, 5.41) is 8.11. The molecule has 3 nitrogen and oxygen atoms in total. The number of aromatic nitrogens is 2. The van der Waals surface area contributed by atoms with E-state index in [9.17, 15) is 0 Å². The van der Waals surface area contributed by atoms with Crippen LogP contribution in [0, 0.1) is 0 Å². The lowest BCUT2D eigenvalue weighted by Crippen LogP contribution is -2.24. The summed E-state index contributed by atoms with van der Waals surface area (Å²) < 4.78 is 2.01. The van der Waals surface area contributed by atoms with Gasteiger partial charge in [0.15, 0.2) is 0 Å². The van der Waals surface area contributed by atoms with Crippen LogP contribution < -0.4 is 5.32 Å². The molecule has 1 rings (SSSR count). The van der Waals surface area contributed by atoms with E-state index in [1.54, 1.807) is 0 Å². The molecule has 3 heteroatoms. The second-order valence-corrected chi connectivity index (χ2v) is 4.41. The molecule has 0 radical (unpaired) electrons. The van der Waals surface area contributed by atoms with Crippen LogP contribution in [0.3, 0.4) is 0 Å². The molecule has 96 valence electrons. The van der Waals surface area contributed by atoms with Crippen LogP contribution in [0.15, 0.2) is 18.7 Å². The molecular formula is C14H25N3. The van der Waals surface area contributed by atoms with Crippen LogP contribution in [0.1, 0.15) is 50.5 Å². The van der Waals surface area contributed by atoms with E-state index >= 15 is 0 Å². The maximum absolute atomic E-state index is 4.52. The first-order valence-corrected chi connectivity index (χ1v) is 6.60. The molecule has 1 heterocycles. The summed E-state index contributed by atoms with van der Waals surface area (Å²) in [6, 6.07) is 2.61. The fourth-order valence-electron chi connectivity index (χ4n) is 2.00. The third-order valence-electron chi connectivity index (χ3n) is 2.99. The lowest BCUT2D eigenvalue weighted by Gasteiger charge is -2.18. The Morgan fingerprint density at radius 1 is 1.53 bits per heavy atom. The number of nitrogens with zero attached hydrogens (tertiary/aromatic N) is 2. The van der Waals surface area contributed by atoms with Crippen LogP contribution in [-0.2, 0) is 13.5 Å². The van der Waals surface area contributed by atoms with Gasteiger partial charge in [-0.3, -0.25) is 4.68 Å². The minimum absolute atomic E-state index is 0.394. The van der Waals surface area contributed by atoms with Gasteiger partial charge in [-0.15, -0.1) is 6.58 Å². The second-order valence-electron chi connectivity index (χ2n) is 4.41. The fourth-order valence-corrected chi connectivity index (χ4v) is 2.00. The van der Waals surface area contributed by atoms with Crippen LogP contribution in [0.2, 0.25) is 0 Å². The highest BCUT2D eigenvalue weighted by Crippen LogP contribution is 2.19. The SMILES string of the molecule is C=CCCC(NCCC)c1cc(CC)nn1C. The molecule has 1 N–H and O–H groups in total. The molecule has 0 spiro atoms. The Hall–Kier alpha value is -1.09. The summed E-state index contributed by atoms with van der Waals surface area (Å²) in [4.78, 5) is 0. The van der Waals surface area contributed by atoms with Crippen molar-refractivity contribution in [1.82, 2.24) is 15.1 Å². The molecule has 1 unspecified atom stereocenters. The second kappa shape index (κ2) is 7.28. The monoisotopic (exact) mass is 235 g/mol. The molecule has 1 aromatic rings. The molecule has 0 aliphatic rings. The topological polar surface area (TPSA) is 29.9 Å². The Kier molecular flexibility index (Phi) is 5.98. The summed E-state index contributed by atoms with van der Waals surface area (Å²) in [6.07, 6.45) is 6.26. The van der Waals surface area contributed by atoms with Gasteiger partial charge in [-0.2, -0.15) is 5.10 Å². The summed E-state index contributed by atoms with van der Waals surface area (Å²) in [7, 11) is 2.03. The summed E-state index contributed by atoms with van der Waals surface area (Å²) >= 11 is 0. The minimum atomic E-state index is 0.394. The first-order valence-electron chi connectivity index (χ1n) is 6.60. The average Bonchev–Trinajstić information content (AvgIpc) is 2.71. The number of rotatable bonds is 8. The lowest BCUT2D eigenvalue weighted by atomic mass is 10.1. The highest BCUT2D eigenvalue weighted by atomic mass is 15.3. The predicted molar refractivity (Wildman–Crippen MR) is 73.1 cm³/mol. The van der Waals surface area contributed by atoms with E-state index in [0.717, 1.165) is 32.2 Å². The highest BCUT2D eigenvalue weighted by molar-refractivity contribution is 5.14. The van der Waals surface area contributed by atoms with Gasteiger partial charge in [0.05, 0.1) is 11.4 Å². The van der Waals surface area contributed by atoms with E-state index in [0.29, 0.717) is 6.04 Å². The fraction of sp³-hybridized carbons (Fsp3) is 0.643. The third-order valence-corrected chi connectivity index (χ3v) is 2.99. The first kappa shape index (κ1) is 14.0. The van der Waals surface area contributed by atoms with Crippen molar-refractivity contribution in [3.63, 3.8) is 0 Å². The van der Waals surface area contributed by atoms with Gasteiger partial charge in [0, 0.05) is 13.1 Å². The maximum Gasteiger partial charge on any atom is 0.0625 e. The number of hydrogen-bond acceptors (Lipinski definition) is 2. The summed E-state index contributed by atoms with van der Waals surface area (Å²) in [5.41, 5.74) is 2.46. The Morgan fingerprint density at radius 2 is 2.29 bits per heavy atom. The molecule has 0 bridgehead atoms. The molecule has 1 atom stereocenters. The highest BCUT2D eigenvalue weighted by Gasteiger charge is 2.14. The van der Waals surface area contributed by atoms with Crippen molar-refractivity contribution in [2.45, 2.75) is 45.6 Å². The zero-order valence-electron chi connectivity index (χ0n) is 11.4. The molecule has 1 aromatic heterocycles. The van der Waals surface area contributed by atoms with Crippen molar-refractivity contribution in [3.05, 3.63) is 30.1 Å². The predicted octanol–water partition coefficient (Wildman–Crippen LogP) is 2.99. The van der Waals surface area contributed by atoms with E-state index in [1.807, 2.05) is 17.8 Å². The quantitative estimate of drug-likeness (QED) is 0.702. The standard InChI is InChI=1S/C14H25N3/c1-5-8-9-13(15-10-6-2)14-11-12(7-3)16-17(14)4/h5,11,13,15H,1,6-10H2,2-4H3. The molecule has 17 heavy (non-hydrogen) atoms. The minimum Gasteiger partial charge on any atom is -0.309 e. The molecule has 0 amide bonds. The largest absolute Gasteiger partial charge is 0.309 e. The van der Waals surface area contributed by atoms with E-state index in [4.69, 9.17) is 0 Å². The zero-order chi connectivity index (χ0) is 12.7. The molecule has 0 aliphatic heterocycles. The Morgan fingerprint density at radius 3 is 2.82 bits per heavy atom. The normalized spacial score (nSPS) is 12.6.